The Bertz CT molecular complexity index is 567. The lowest BCUT2D eigenvalue weighted by Crippen LogP contribution is -2.46. The van der Waals surface area contributed by atoms with Crippen LogP contribution in [-0.2, 0) is 11.2 Å². The van der Waals surface area contributed by atoms with Crippen LogP contribution in [0.4, 0.5) is 5.69 Å². The van der Waals surface area contributed by atoms with Gasteiger partial charge < -0.3 is 16.0 Å². The molecule has 6 heteroatoms. The zero-order valence-corrected chi connectivity index (χ0v) is 12.7. The van der Waals surface area contributed by atoms with Gasteiger partial charge in [0.2, 0.25) is 5.91 Å². The molecule has 0 saturated carbocycles. The first-order valence-electron chi connectivity index (χ1n) is 7.86. The maximum atomic E-state index is 12.2. The summed E-state index contributed by atoms with van der Waals surface area (Å²) < 4.78 is 0. The highest BCUT2D eigenvalue weighted by molar-refractivity contribution is 5.97. The molecule has 118 valence electrons. The Morgan fingerprint density at radius 1 is 1.23 bits per heavy atom. The molecule has 0 spiro atoms. The summed E-state index contributed by atoms with van der Waals surface area (Å²) in [7, 11) is 0. The Labute approximate surface area is 130 Å². The summed E-state index contributed by atoms with van der Waals surface area (Å²) in [6.45, 7) is 5.65. The zero-order chi connectivity index (χ0) is 15.4. The number of nitrogens with one attached hydrogen (secondary N) is 3. The molecule has 3 N–H and O–H groups in total. The Balaban J connectivity index is 1.52. The summed E-state index contributed by atoms with van der Waals surface area (Å²) in [6, 6.07) is 5.47. The molecule has 1 saturated heterocycles. The Kier molecular flexibility index (Phi) is 4.70. The Morgan fingerprint density at radius 2 is 2.05 bits per heavy atom. The lowest BCUT2D eigenvalue weighted by Gasteiger charge is -2.27. The van der Waals surface area contributed by atoms with Gasteiger partial charge in [0.1, 0.15) is 0 Å². The van der Waals surface area contributed by atoms with Crippen molar-refractivity contribution in [1.82, 2.24) is 15.5 Å². The first-order valence-corrected chi connectivity index (χ1v) is 7.86. The molecule has 1 aromatic rings. The molecule has 0 aromatic heterocycles. The highest BCUT2D eigenvalue weighted by Gasteiger charge is 2.16. The van der Waals surface area contributed by atoms with Crippen molar-refractivity contribution < 1.29 is 9.59 Å². The van der Waals surface area contributed by atoms with Gasteiger partial charge in [-0.2, -0.15) is 0 Å². The predicted octanol–water partition coefficient (Wildman–Crippen LogP) is 0.206. The van der Waals surface area contributed by atoms with Crippen LogP contribution in [0.3, 0.4) is 0 Å². The van der Waals surface area contributed by atoms with Crippen molar-refractivity contribution in [3.05, 3.63) is 29.3 Å². The fraction of sp³-hybridized carbons (Fsp3) is 0.500. The van der Waals surface area contributed by atoms with Gasteiger partial charge in [-0.3, -0.25) is 14.5 Å². The van der Waals surface area contributed by atoms with Gasteiger partial charge >= 0.3 is 0 Å². The smallest absolute Gasteiger partial charge is 0.251 e. The normalized spacial score (nSPS) is 18.5. The molecule has 0 unspecified atom stereocenters. The van der Waals surface area contributed by atoms with E-state index < -0.39 is 0 Å². The molecule has 2 amide bonds. The minimum Gasteiger partial charge on any atom is -0.351 e. The van der Waals surface area contributed by atoms with Gasteiger partial charge in [0.25, 0.3) is 5.91 Å². The second-order valence-electron chi connectivity index (χ2n) is 5.77. The number of anilines is 1. The van der Waals surface area contributed by atoms with Crippen LogP contribution in [0.15, 0.2) is 18.2 Å². The number of carbonyl (C=O) groups excluding carboxylic acids is 2. The highest BCUT2D eigenvalue weighted by atomic mass is 16.2. The number of benzene rings is 1. The molecule has 3 rings (SSSR count). The maximum absolute atomic E-state index is 12.2. The summed E-state index contributed by atoms with van der Waals surface area (Å²) in [5, 5.41) is 9.12. The van der Waals surface area contributed by atoms with E-state index in [0.717, 1.165) is 44.0 Å². The minimum absolute atomic E-state index is 0.0423. The van der Waals surface area contributed by atoms with E-state index in [1.807, 2.05) is 12.1 Å². The quantitative estimate of drug-likeness (QED) is 0.743. The molecule has 1 fully saturated rings. The van der Waals surface area contributed by atoms with Gasteiger partial charge in [-0.25, -0.2) is 0 Å². The monoisotopic (exact) mass is 302 g/mol. The fourth-order valence-corrected chi connectivity index (χ4v) is 2.89. The topological polar surface area (TPSA) is 73.5 Å². The van der Waals surface area contributed by atoms with Crippen molar-refractivity contribution in [1.29, 1.82) is 0 Å². The summed E-state index contributed by atoms with van der Waals surface area (Å²) in [5.41, 5.74) is 2.53. The van der Waals surface area contributed by atoms with Gasteiger partial charge in [0.15, 0.2) is 0 Å². The molecule has 0 radical (unpaired) electrons. The third kappa shape index (κ3) is 3.64. The average molecular weight is 302 g/mol. The van der Waals surface area contributed by atoms with Crippen molar-refractivity contribution in [2.75, 3.05) is 44.6 Å². The van der Waals surface area contributed by atoms with E-state index in [1.165, 1.54) is 0 Å². The average Bonchev–Trinajstić information content (AvgIpc) is 2.55. The van der Waals surface area contributed by atoms with Gasteiger partial charge in [-0.05, 0) is 30.2 Å². The Morgan fingerprint density at radius 3 is 2.86 bits per heavy atom. The minimum atomic E-state index is -0.0464. The van der Waals surface area contributed by atoms with Gasteiger partial charge in [0.05, 0.1) is 0 Å². The van der Waals surface area contributed by atoms with E-state index >= 15 is 0 Å². The van der Waals surface area contributed by atoms with E-state index in [0.29, 0.717) is 24.9 Å². The molecule has 2 heterocycles. The van der Waals surface area contributed by atoms with Crippen LogP contribution in [0.5, 0.6) is 0 Å². The second-order valence-corrected chi connectivity index (χ2v) is 5.77. The van der Waals surface area contributed by atoms with E-state index in [9.17, 15) is 9.59 Å². The summed E-state index contributed by atoms with van der Waals surface area (Å²) in [4.78, 5) is 25.9. The molecule has 0 aliphatic carbocycles. The van der Waals surface area contributed by atoms with Crippen LogP contribution >= 0.6 is 0 Å². The fourth-order valence-electron chi connectivity index (χ4n) is 2.89. The van der Waals surface area contributed by atoms with Crippen molar-refractivity contribution in [3.8, 4) is 0 Å². The number of fused-ring (bicyclic) bond motifs is 1. The van der Waals surface area contributed by atoms with Crippen LogP contribution in [-0.4, -0.2) is 56.0 Å². The standard InChI is InChI=1S/C16H22N4O2/c21-15-4-2-12-11-13(1-3-14(12)19-15)16(22)18-7-10-20-8-5-17-6-9-20/h1,3,11,17H,2,4-10H2,(H,18,22)(H,19,21). The number of amides is 2. The number of aryl methyl sites for hydroxylation is 1. The third-order valence-corrected chi connectivity index (χ3v) is 4.19. The molecule has 22 heavy (non-hydrogen) atoms. The number of rotatable bonds is 4. The van der Waals surface area contributed by atoms with Crippen molar-refractivity contribution in [3.63, 3.8) is 0 Å². The molecule has 0 bridgehead atoms. The first-order chi connectivity index (χ1) is 10.7. The van der Waals surface area contributed by atoms with Crippen LogP contribution in [0.1, 0.15) is 22.3 Å². The van der Waals surface area contributed by atoms with Gasteiger partial charge in [-0.15, -0.1) is 0 Å². The van der Waals surface area contributed by atoms with Gasteiger partial charge in [0, 0.05) is 56.9 Å². The molecular weight excluding hydrogens is 280 g/mol. The lowest BCUT2D eigenvalue weighted by molar-refractivity contribution is -0.116. The van der Waals surface area contributed by atoms with Crippen molar-refractivity contribution >= 4 is 17.5 Å². The molecule has 2 aliphatic heterocycles. The molecule has 0 atom stereocenters. The number of nitrogens with zero attached hydrogens (tertiary/aromatic N) is 1. The van der Waals surface area contributed by atoms with Crippen molar-refractivity contribution in [2.45, 2.75) is 12.8 Å². The summed E-state index contributed by atoms with van der Waals surface area (Å²) in [5.74, 6) is -0.00411. The first kappa shape index (κ1) is 15.0. The zero-order valence-electron chi connectivity index (χ0n) is 12.7. The summed E-state index contributed by atoms with van der Waals surface area (Å²) >= 11 is 0. The largest absolute Gasteiger partial charge is 0.351 e. The van der Waals surface area contributed by atoms with E-state index in [4.69, 9.17) is 0 Å². The molecule has 6 nitrogen and oxygen atoms in total. The third-order valence-electron chi connectivity index (χ3n) is 4.19. The predicted molar refractivity (Wildman–Crippen MR) is 85.0 cm³/mol. The van der Waals surface area contributed by atoms with Gasteiger partial charge in [-0.1, -0.05) is 0 Å². The maximum Gasteiger partial charge on any atom is 0.251 e. The SMILES string of the molecule is O=C1CCc2cc(C(=O)NCCN3CCNCC3)ccc2N1. The lowest BCUT2D eigenvalue weighted by atomic mass is 10.00. The second kappa shape index (κ2) is 6.89. The highest BCUT2D eigenvalue weighted by Crippen LogP contribution is 2.23. The molecule has 1 aromatic carbocycles. The van der Waals surface area contributed by atoms with E-state index in [1.54, 1.807) is 6.07 Å². The number of piperazine rings is 1. The van der Waals surface area contributed by atoms with Crippen molar-refractivity contribution in [2.24, 2.45) is 0 Å². The van der Waals surface area contributed by atoms with Crippen LogP contribution < -0.4 is 16.0 Å². The molecular formula is C16H22N4O2. The number of hydrogen-bond acceptors (Lipinski definition) is 4. The van der Waals surface area contributed by atoms with E-state index in [2.05, 4.69) is 20.9 Å². The summed E-state index contributed by atoms with van der Waals surface area (Å²) in [6.07, 6.45) is 1.18. The number of hydrogen-bond donors (Lipinski definition) is 3. The van der Waals surface area contributed by atoms with Crippen LogP contribution in [0.25, 0.3) is 0 Å². The van der Waals surface area contributed by atoms with Crippen LogP contribution in [0, 0.1) is 0 Å². The number of carbonyl (C=O) groups is 2. The van der Waals surface area contributed by atoms with E-state index in [-0.39, 0.29) is 11.8 Å². The molecule has 2 aliphatic rings. The Hall–Kier alpha value is -1.92. The van der Waals surface area contributed by atoms with Crippen LogP contribution in [0.2, 0.25) is 0 Å².